The molecule has 0 amide bonds. The molecule has 1 rings (SSSR count). The van der Waals surface area contributed by atoms with Gasteiger partial charge in [-0.15, -0.1) is 0 Å². The number of ether oxygens (including phenoxy) is 2. The van der Waals surface area contributed by atoms with Crippen molar-refractivity contribution >= 4 is 0 Å². The number of methoxy groups -OCH3 is 1. The monoisotopic (exact) mass is 178 g/mol. The fourth-order valence-electron chi connectivity index (χ4n) is 1.30. The summed E-state index contributed by atoms with van der Waals surface area (Å²) in [7, 11) is 1.44. The van der Waals surface area contributed by atoms with E-state index in [2.05, 4.69) is 0 Å². The molecule has 4 atom stereocenters. The van der Waals surface area contributed by atoms with Crippen LogP contribution in [-0.2, 0) is 9.47 Å². The van der Waals surface area contributed by atoms with Gasteiger partial charge in [0.15, 0.2) is 6.29 Å². The molecule has 1 aliphatic heterocycles. The van der Waals surface area contributed by atoms with Crippen molar-refractivity contribution in [3.63, 3.8) is 0 Å². The van der Waals surface area contributed by atoms with E-state index in [1.54, 1.807) is 0 Å². The second kappa shape index (κ2) is 4.15. The molecule has 0 aliphatic carbocycles. The maximum atomic E-state index is 9.43. The van der Waals surface area contributed by atoms with Crippen LogP contribution in [0.15, 0.2) is 0 Å². The molecule has 5 heteroatoms. The summed E-state index contributed by atoms with van der Waals surface area (Å²) in [5.41, 5.74) is 0. The minimum absolute atomic E-state index is 0.230. The van der Waals surface area contributed by atoms with Crippen LogP contribution >= 0.6 is 0 Å². The molecule has 1 heterocycles. The Morgan fingerprint density at radius 1 is 1.50 bits per heavy atom. The molecule has 0 aromatic heterocycles. The molecule has 0 radical (unpaired) electrons. The van der Waals surface area contributed by atoms with E-state index in [4.69, 9.17) is 19.7 Å². The van der Waals surface area contributed by atoms with Gasteiger partial charge >= 0.3 is 0 Å². The van der Waals surface area contributed by atoms with Gasteiger partial charge in [-0.25, -0.2) is 0 Å². The number of hydrogen-bond acceptors (Lipinski definition) is 5. The first-order valence-electron chi connectivity index (χ1n) is 3.84. The zero-order chi connectivity index (χ0) is 9.14. The van der Waals surface area contributed by atoms with Gasteiger partial charge in [0.1, 0.15) is 12.2 Å². The first kappa shape index (κ1) is 9.88. The fraction of sp³-hybridized carbons (Fsp3) is 1.00. The van der Waals surface area contributed by atoms with Crippen molar-refractivity contribution in [3.05, 3.63) is 0 Å². The lowest BCUT2D eigenvalue weighted by atomic mass is 10.0. The second-order valence-electron chi connectivity index (χ2n) is 2.81. The summed E-state index contributed by atoms with van der Waals surface area (Å²) in [5.74, 6) is 0. The number of hydrogen-bond donors (Lipinski definition) is 3. The molecular weight excluding hydrogens is 164 g/mol. The molecule has 3 N–H and O–H groups in total. The average molecular weight is 178 g/mol. The summed E-state index contributed by atoms with van der Waals surface area (Å²) in [6, 6.07) is 0. The van der Waals surface area contributed by atoms with E-state index in [0.29, 0.717) is 0 Å². The van der Waals surface area contributed by atoms with E-state index < -0.39 is 24.6 Å². The predicted molar refractivity (Wildman–Crippen MR) is 39.4 cm³/mol. The molecule has 12 heavy (non-hydrogen) atoms. The highest BCUT2D eigenvalue weighted by molar-refractivity contribution is 4.82. The topological polar surface area (TPSA) is 79.2 Å². The molecule has 72 valence electrons. The van der Waals surface area contributed by atoms with E-state index in [-0.39, 0.29) is 13.0 Å². The normalized spacial score (nSPS) is 43.0. The third-order valence-electron chi connectivity index (χ3n) is 2.01. The minimum atomic E-state index is -0.963. The fourth-order valence-corrected chi connectivity index (χ4v) is 1.30. The van der Waals surface area contributed by atoms with Crippen LogP contribution in [0.4, 0.5) is 0 Å². The van der Waals surface area contributed by atoms with Crippen LogP contribution in [0.3, 0.4) is 0 Å². The van der Waals surface area contributed by atoms with Crippen LogP contribution < -0.4 is 0 Å². The summed E-state index contributed by atoms with van der Waals surface area (Å²) in [5, 5.41) is 27.3. The van der Waals surface area contributed by atoms with Gasteiger partial charge in [0.2, 0.25) is 0 Å². The molecule has 1 aliphatic rings. The Morgan fingerprint density at radius 3 is 2.67 bits per heavy atom. The van der Waals surface area contributed by atoms with Gasteiger partial charge in [-0.05, 0) is 0 Å². The molecular formula is C7H14O5. The van der Waals surface area contributed by atoms with Gasteiger partial charge < -0.3 is 24.8 Å². The molecule has 0 spiro atoms. The first-order chi connectivity index (χ1) is 5.69. The van der Waals surface area contributed by atoms with Gasteiger partial charge in [0.25, 0.3) is 0 Å². The molecule has 0 saturated carbocycles. The average Bonchev–Trinajstić information content (AvgIpc) is 2.08. The summed E-state index contributed by atoms with van der Waals surface area (Å²) >= 11 is 0. The third kappa shape index (κ3) is 1.94. The van der Waals surface area contributed by atoms with Crippen molar-refractivity contribution in [1.82, 2.24) is 0 Å². The molecule has 5 nitrogen and oxygen atoms in total. The Morgan fingerprint density at radius 2 is 2.17 bits per heavy atom. The van der Waals surface area contributed by atoms with E-state index in [1.807, 2.05) is 0 Å². The van der Waals surface area contributed by atoms with Crippen molar-refractivity contribution in [2.45, 2.75) is 31.0 Å². The number of aliphatic hydroxyl groups excluding tert-OH is 3. The second-order valence-corrected chi connectivity index (χ2v) is 2.81. The van der Waals surface area contributed by atoms with Gasteiger partial charge in [-0.3, -0.25) is 0 Å². The van der Waals surface area contributed by atoms with E-state index in [1.165, 1.54) is 7.11 Å². The zero-order valence-corrected chi connectivity index (χ0v) is 6.88. The highest BCUT2D eigenvalue weighted by Crippen LogP contribution is 2.20. The van der Waals surface area contributed by atoms with Crippen molar-refractivity contribution in [1.29, 1.82) is 0 Å². The van der Waals surface area contributed by atoms with Gasteiger partial charge in [-0.2, -0.15) is 0 Å². The highest BCUT2D eigenvalue weighted by atomic mass is 16.6. The Hall–Kier alpha value is -0.200. The van der Waals surface area contributed by atoms with E-state index >= 15 is 0 Å². The molecule has 0 aromatic rings. The van der Waals surface area contributed by atoms with Crippen LogP contribution in [0, 0.1) is 0 Å². The maximum Gasteiger partial charge on any atom is 0.157 e. The van der Waals surface area contributed by atoms with Crippen LogP contribution in [0.1, 0.15) is 6.42 Å². The smallest absolute Gasteiger partial charge is 0.157 e. The van der Waals surface area contributed by atoms with Crippen molar-refractivity contribution in [2.24, 2.45) is 0 Å². The SMILES string of the molecule is COC1C[C@H](O)O[C@H](CO)[C@@H]1O. The van der Waals surface area contributed by atoms with E-state index in [0.717, 1.165) is 0 Å². The number of aliphatic hydroxyl groups is 3. The Balaban J connectivity index is 2.55. The van der Waals surface area contributed by atoms with Gasteiger partial charge in [0, 0.05) is 13.5 Å². The lowest BCUT2D eigenvalue weighted by molar-refractivity contribution is -0.243. The van der Waals surface area contributed by atoms with Crippen LogP contribution in [0.25, 0.3) is 0 Å². The van der Waals surface area contributed by atoms with Crippen LogP contribution in [0.2, 0.25) is 0 Å². The Labute approximate surface area is 70.5 Å². The molecule has 0 aromatic carbocycles. The largest absolute Gasteiger partial charge is 0.394 e. The quantitative estimate of drug-likeness (QED) is 0.477. The van der Waals surface area contributed by atoms with Gasteiger partial charge in [0.05, 0.1) is 12.7 Å². The lowest BCUT2D eigenvalue weighted by Gasteiger charge is -2.35. The number of rotatable bonds is 2. The third-order valence-corrected chi connectivity index (χ3v) is 2.01. The first-order valence-corrected chi connectivity index (χ1v) is 3.84. The maximum absolute atomic E-state index is 9.43. The molecule has 0 bridgehead atoms. The molecule has 1 fully saturated rings. The summed E-state index contributed by atoms with van der Waals surface area (Å²) in [6.45, 7) is -0.321. The minimum Gasteiger partial charge on any atom is -0.394 e. The molecule has 1 unspecified atom stereocenters. The summed E-state index contributed by atoms with van der Waals surface area (Å²) in [4.78, 5) is 0. The lowest BCUT2D eigenvalue weighted by Crippen LogP contribution is -2.50. The highest BCUT2D eigenvalue weighted by Gasteiger charge is 2.36. The molecule has 1 saturated heterocycles. The van der Waals surface area contributed by atoms with Gasteiger partial charge in [-0.1, -0.05) is 0 Å². The predicted octanol–water partition coefficient (Wildman–Crippen LogP) is -1.54. The Kier molecular flexibility index (Phi) is 3.42. The standard InChI is InChI=1S/C7H14O5/c1-11-4-2-6(9)12-5(3-8)7(4)10/h4-10H,2-3H2,1H3/t4?,5-,6-,7-/m1/s1. The summed E-state index contributed by atoms with van der Waals surface area (Å²) in [6.07, 6.45) is -2.82. The van der Waals surface area contributed by atoms with E-state index in [9.17, 15) is 5.11 Å². The van der Waals surface area contributed by atoms with Crippen molar-refractivity contribution < 1.29 is 24.8 Å². The summed E-state index contributed by atoms with van der Waals surface area (Å²) < 4.78 is 9.76. The van der Waals surface area contributed by atoms with Crippen molar-refractivity contribution in [2.75, 3.05) is 13.7 Å². The Bertz CT molecular complexity index is 126. The van der Waals surface area contributed by atoms with Crippen LogP contribution in [-0.4, -0.2) is 53.6 Å². The zero-order valence-electron chi connectivity index (χ0n) is 6.88. The van der Waals surface area contributed by atoms with Crippen LogP contribution in [0.5, 0.6) is 0 Å². The van der Waals surface area contributed by atoms with Crippen molar-refractivity contribution in [3.8, 4) is 0 Å².